The maximum atomic E-state index is 13.7. The van der Waals surface area contributed by atoms with Crippen molar-refractivity contribution in [3.05, 3.63) is 118 Å². The van der Waals surface area contributed by atoms with Crippen LogP contribution in [0.5, 0.6) is 0 Å². The predicted octanol–water partition coefficient (Wildman–Crippen LogP) is 7.20. The molecule has 0 fully saturated rings. The topological polar surface area (TPSA) is 48.3 Å². The molecule has 1 heterocycles. The molecule has 0 saturated carbocycles. The third-order valence-corrected chi connectivity index (χ3v) is 7.50. The number of rotatable bonds is 4. The van der Waals surface area contributed by atoms with Gasteiger partial charge in [-0.3, -0.25) is 4.79 Å². The number of ketones is 1. The van der Waals surface area contributed by atoms with E-state index in [1.54, 1.807) is 6.07 Å². The number of aromatic nitrogens is 1. The molecule has 1 atom stereocenters. The SMILES string of the molecule is COC(=O)c1cccc2c1c1c(n2Cc2ccc3ccccc3c2)CC(c2ccc(Cl)cc2)CC1=O. The number of benzene rings is 4. The van der Waals surface area contributed by atoms with Gasteiger partial charge in [0.15, 0.2) is 5.78 Å². The van der Waals surface area contributed by atoms with Gasteiger partial charge in [0.1, 0.15) is 0 Å². The molecule has 5 aromatic rings. The van der Waals surface area contributed by atoms with Crippen LogP contribution in [0.25, 0.3) is 21.7 Å². The Morgan fingerprint density at radius 2 is 1.72 bits per heavy atom. The van der Waals surface area contributed by atoms with Crippen molar-refractivity contribution in [3.63, 3.8) is 0 Å². The highest BCUT2D eigenvalue weighted by Gasteiger charge is 2.34. The van der Waals surface area contributed by atoms with Crippen LogP contribution < -0.4 is 0 Å². The van der Waals surface area contributed by atoms with Crippen LogP contribution >= 0.6 is 11.6 Å². The van der Waals surface area contributed by atoms with Crippen molar-refractivity contribution < 1.29 is 14.3 Å². The van der Waals surface area contributed by atoms with Gasteiger partial charge in [0.25, 0.3) is 0 Å². The second-order valence-electron chi connectivity index (χ2n) is 9.36. The summed E-state index contributed by atoms with van der Waals surface area (Å²) in [6, 6.07) is 28.1. The maximum absolute atomic E-state index is 13.7. The van der Waals surface area contributed by atoms with E-state index >= 15 is 0 Å². The smallest absolute Gasteiger partial charge is 0.338 e. The lowest BCUT2D eigenvalue weighted by atomic mass is 9.81. The highest BCUT2D eigenvalue weighted by atomic mass is 35.5. The Bertz CT molecular complexity index is 1650. The third kappa shape index (κ3) is 3.78. The monoisotopic (exact) mass is 493 g/mol. The maximum Gasteiger partial charge on any atom is 0.338 e. The van der Waals surface area contributed by atoms with E-state index in [4.69, 9.17) is 16.3 Å². The molecule has 0 aliphatic heterocycles. The summed E-state index contributed by atoms with van der Waals surface area (Å²) in [7, 11) is 1.37. The molecule has 36 heavy (non-hydrogen) atoms. The minimum Gasteiger partial charge on any atom is -0.465 e. The zero-order valence-corrected chi connectivity index (χ0v) is 20.6. The average Bonchev–Trinajstić information content (AvgIpc) is 3.22. The van der Waals surface area contributed by atoms with Crippen LogP contribution in [-0.4, -0.2) is 23.4 Å². The zero-order chi connectivity index (χ0) is 24.8. The lowest BCUT2D eigenvalue weighted by Crippen LogP contribution is -2.21. The average molecular weight is 494 g/mol. The van der Waals surface area contributed by atoms with Crippen LogP contribution in [0.4, 0.5) is 0 Å². The summed E-state index contributed by atoms with van der Waals surface area (Å²) in [6.07, 6.45) is 1.09. The fourth-order valence-electron chi connectivity index (χ4n) is 5.55. The molecule has 1 aliphatic rings. The largest absolute Gasteiger partial charge is 0.465 e. The van der Waals surface area contributed by atoms with E-state index in [9.17, 15) is 9.59 Å². The van der Waals surface area contributed by atoms with Crippen molar-refractivity contribution in [3.8, 4) is 0 Å². The molecule has 178 valence electrons. The fourth-order valence-corrected chi connectivity index (χ4v) is 5.67. The van der Waals surface area contributed by atoms with E-state index in [0.717, 1.165) is 22.3 Å². The number of carbonyl (C=O) groups excluding carboxylic acids is 2. The Hall–Kier alpha value is -3.89. The number of Topliss-reactive ketones (excluding diaryl/α,β-unsaturated/α-hetero) is 1. The van der Waals surface area contributed by atoms with Crippen LogP contribution in [0.3, 0.4) is 0 Å². The van der Waals surface area contributed by atoms with Gasteiger partial charge in [0.2, 0.25) is 0 Å². The molecular formula is C31H24ClNO3. The molecule has 0 spiro atoms. The van der Waals surface area contributed by atoms with Crippen molar-refractivity contribution in [2.45, 2.75) is 25.3 Å². The predicted molar refractivity (Wildman–Crippen MR) is 143 cm³/mol. The Labute approximate surface area is 214 Å². The minimum atomic E-state index is -0.432. The molecule has 1 aromatic heterocycles. The van der Waals surface area contributed by atoms with Gasteiger partial charge >= 0.3 is 5.97 Å². The van der Waals surface area contributed by atoms with Crippen molar-refractivity contribution in [1.29, 1.82) is 0 Å². The number of esters is 1. The van der Waals surface area contributed by atoms with Gasteiger partial charge in [-0.25, -0.2) is 4.79 Å². The van der Waals surface area contributed by atoms with Gasteiger partial charge in [-0.15, -0.1) is 0 Å². The second-order valence-corrected chi connectivity index (χ2v) is 9.80. The van der Waals surface area contributed by atoms with Crippen LogP contribution in [-0.2, 0) is 17.7 Å². The molecular weight excluding hydrogens is 470 g/mol. The number of hydrogen-bond acceptors (Lipinski definition) is 3. The van der Waals surface area contributed by atoms with Gasteiger partial charge in [-0.2, -0.15) is 0 Å². The lowest BCUT2D eigenvalue weighted by molar-refractivity contribution is 0.0603. The van der Waals surface area contributed by atoms with Crippen LogP contribution in [0, 0.1) is 0 Å². The van der Waals surface area contributed by atoms with Crippen molar-refractivity contribution >= 4 is 45.0 Å². The van der Waals surface area contributed by atoms with Crippen LogP contribution in [0.1, 0.15) is 49.9 Å². The summed E-state index contributed by atoms with van der Waals surface area (Å²) in [5.41, 5.74) is 5.15. The Balaban J connectivity index is 1.54. The van der Waals surface area contributed by atoms with E-state index in [1.807, 2.05) is 48.5 Å². The molecule has 4 aromatic carbocycles. The van der Waals surface area contributed by atoms with E-state index < -0.39 is 5.97 Å². The van der Waals surface area contributed by atoms with Crippen LogP contribution in [0.2, 0.25) is 5.02 Å². The molecule has 1 unspecified atom stereocenters. The molecule has 5 heteroatoms. The van der Waals surface area contributed by atoms with Crippen molar-refractivity contribution in [1.82, 2.24) is 4.57 Å². The minimum absolute atomic E-state index is 0.0449. The molecule has 0 amide bonds. The summed E-state index contributed by atoms with van der Waals surface area (Å²) in [4.78, 5) is 26.4. The molecule has 6 rings (SSSR count). The number of halogens is 1. The lowest BCUT2D eigenvalue weighted by Gasteiger charge is -2.24. The first-order valence-electron chi connectivity index (χ1n) is 12.0. The molecule has 0 radical (unpaired) electrons. The normalized spacial score (nSPS) is 15.3. The van der Waals surface area contributed by atoms with Gasteiger partial charge in [-0.05, 0) is 64.6 Å². The third-order valence-electron chi connectivity index (χ3n) is 7.25. The second kappa shape index (κ2) is 8.96. The number of ether oxygens (including phenoxy) is 1. The van der Waals surface area contributed by atoms with Gasteiger partial charge < -0.3 is 9.30 Å². The van der Waals surface area contributed by atoms with E-state index in [0.29, 0.717) is 40.9 Å². The number of carbonyl (C=O) groups is 2. The summed E-state index contributed by atoms with van der Waals surface area (Å²) in [5, 5.41) is 3.73. The standard InChI is InChI=1S/C31H24ClNO3/c1-36-31(35)25-7-4-8-26-29(25)30-27(16-23(17-28(30)34)21-11-13-24(32)14-12-21)33(26)18-19-9-10-20-5-2-3-6-22(20)15-19/h2-15,23H,16-18H2,1H3. The summed E-state index contributed by atoms with van der Waals surface area (Å²) < 4.78 is 7.29. The Kier molecular flexibility index (Phi) is 5.62. The van der Waals surface area contributed by atoms with Crippen LogP contribution in [0.15, 0.2) is 84.9 Å². The molecule has 4 nitrogen and oxygen atoms in total. The molecule has 0 N–H and O–H groups in total. The number of nitrogens with zero attached hydrogens (tertiary/aromatic N) is 1. The summed E-state index contributed by atoms with van der Waals surface area (Å²) in [6.45, 7) is 0.599. The highest BCUT2D eigenvalue weighted by Crippen LogP contribution is 2.40. The van der Waals surface area contributed by atoms with E-state index in [2.05, 4.69) is 34.9 Å². The summed E-state index contributed by atoms with van der Waals surface area (Å²) in [5.74, 6) is -0.336. The first kappa shape index (κ1) is 22.6. The van der Waals surface area contributed by atoms with Crippen molar-refractivity contribution in [2.24, 2.45) is 0 Å². The number of hydrogen-bond donors (Lipinski definition) is 0. The first-order chi connectivity index (χ1) is 17.5. The van der Waals surface area contributed by atoms with Gasteiger partial charge in [0.05, 0.1) is 18.2 Å². The quantitative estimate of drug-likeness (QED) is 0.249. The number of fused-ring (bicyclic) bond motifs is 4. The molecule has 0 bridgehead atoms. The first-order valence-corrected chi connectivity index (χ1v) is 12.4. The molecule has 0 saturated heterocycles. The Morgan fingerprint density at radius 1 is 0.944 bits per heavy atom. The van der Waals surface area contributed by atoms with E-state index in [-0.39, 0.29) is 11.7 Å². The van der Waals surface area contributed by atoms with Crippen molar-refractivity contribution in [2.75, 3.05) is 7.11 Å². The van der Waals surface area contributed by atoms with Gasteiger partial charge in [-0.1, -0.05) is 66.2 Å². The highest BCUT2D eigenvalue weighted by molar-refractivity contribution is 6.30. The zero-order valence-electron chi connectivity index (χ0n) is 19.8. The van der Waals surface area contributed by atoms with E-state index in [1.165, 1.54) is 17.9 Å². The Morgan fingerprint density at radius 3 is 2.50 bits per heavy atom. The molecule has 1 aliphatic carbocycles. The van der Waals surface area contributed by atoms with Gasteiger partial charge in [0, 0.05) is 34.6 Å². The summed E-state index contributed by atoms with van der Waals surface area (Å²) >= 11 is 6.12. The fraction of sp³-hybridized carbons (Fsp3) is 0.161. The number of methoxy groups -OCH3 is 1.